The molecule has 0 radical (unpaired) electrons. The van der Waals surface area contributed by atoms with Gasteiger partial charge in [-0.1, -0.05) is 18.2 Å². The van der Waals surface area contributed by atoms with Crippen LogP contribution in [0.4, 0.5) is 5.69 Å². The number of rotatable bonds is 5. The highest BCUT2D eigenvalue weighted by atomic mass is 127. The van der Waals surface area contributed by atoms with E-state index in [1.54, 1.807) is 25.2 Å². The van der Waals surface area contributed by atoms with Crippen molar-refractivity contribution in [2.24, 2.45) is 10.9 Å². The van der Waals surface area contributed by atoms with Gasteiger partial charge in [0, 0.05) is 38.3 Å². The molecule has 1 N–H and O–H groups in total. The number of nitrogens with one attached hydrogen (secondary N) is 1. The number of nitrogens with zero attached hydrogens (tertiary/aromatic N) is 3. The van der Waals surface area contributed by atoms with Gasteiger partial charge in [0.05, 0.1) is 17.4 Å². The van der Waals surface area contributed by atoms with Crippen molar-refractivity contribution in [1.29, 1.82) is 0 Å². The summed E-state index contributed by atoms with van der Waals surface area (Å²) in [4.78, 5) is 28.8. The van der Waals surface area contributed by atoms with Gasteiger partial charge >= 0.3 is 5.97 Å². The highest BCUT2D eigenvalue weighted by molar-refractivity contribution is 14.0. The Morgan fingerprint density at radius 2 is 2.04 bits per heavy atom. The number of carbonyl (C=O) groups excluding carboxylic acids is 1. The third-order valence-electron chi connectivity index (χ3n) is 4.25. The zero-order valence-electron chi connectivity index (χ0n) is 15.0. The van der Waals surface area contributed by atoms with Gasteiger partial charge in [0.2, 0.25) is 0 Å². The number of hydrogen-bond donors (Lipinski definition) is 1. The molecule has 0 unspecified atom stereocenters. The van der Waals surface area contributed by atoms with Crippen molar-refractivity contribution in [3.63, 3.8) is 0 Å². The SMILES string of the molecule is CCOC(=O)C1CCN(C(=NC)NCc2ccccc2[N+](=O)[O-])CC1.I. The van der Waals surface area contributed by atoms with Crippen LogP contribution in [0.3, 0.4) is 0 Å². The van der Waals surface area contributed by atoms with E-state index in [1.165, 1.54) is 6.07 Å². The molecule has 0 bridgehead atoms. The van der Waals surface area contributed by atoms with E-state index in [9.17, 15) is 14.9 Å². The number of guanidine groups is 1. The molecule has 0 spiro atoms. The minimum absolute atomic E-state index is 0. The Labute approximate surface area is 170 Å². The zero-order chi connectivity index (χ0) is 18.2. The topological polar surface area (TPSA) is 97.1 Å². The lowest BCUT2D eigenvalue weighted by atomic mass is 9.97. The summed E-state index contributed by atoms with van der Waals surface area (Å²) < 4.78 is 5.08. The van der Waals surface area contributed by atoms with Gasteiger partial charge in [0.15, 0.2) is 5.96 Å². The molecule has 0 aromatic heterocycles. The van der Waals surface area contributed by atoms with Crippen LogP contribution in [-0.4, -0.2) is 48.5 Å². The molecule has 1 fully saturated rings. The molecule has 2 rings (SSSR count). The summed E-state index contributed by atoms with van der Waals surface area (Å²) in [5.74, 6) is 0.481. The van der Waals surface area contributed by atoms with Gasteiger partial charge in [-0.2, -0.15) is 0 Å². The molecule has 144 valence electrons. The maximum atomic E-state index is 11.8. The van der Waals surface area contributed by atoms with Crippen LogP contribution in [-0.2, 0) is 16.1 Å². The molecule has 1 aromatic carbocycles. The van der Waals surface area contributed by atoms with E-state index in [0.717, 1.165) is 0 Å². The quantitative estimate of drug-likeness (QED) is 0.175. The van der Waals surface area contributed by atoms with Crippen LogP contribution in [0.5, 0.6) is 0 Å². The normalized spacial score (nSPS) is 15.2. The summed E-state index contributed by atoms with van der Waals surface area (Å²) in [6, 6.07) is 6.64. The fourth-order valence-corrected chi connectivity index (χ4v) is 2.93. The highest BCUT2D eigenvalue weighted by Gasteiger charge is 2.27. The smallest absolute Gasteiger partial charge is 0.309 e. The number of aliphatic imine (C=N–C) groups is 1. The monoisotopic (exact) mass is 476 g/mol. The molecular formula is C17H25IN4O4. The number of nitro benzene ring substituents is 1. The third-order valence-corrected chi connectivity index (χ3v) is 4.25. The average Bonchev–Trinajstić information content (AvgIpc) is 2.63. The number of benzene rings is 1. The van der Waals surface area contributed by atoms with E-state index in [4.69, 9.17) is 4.74 Å². The summed E-state index contributed by atoms with van der Waals surface area (Å²) in [5, 5.41) is 14.3. The van der Waals surface area contributed by atoms with Crippen LogP contribution in [0, 0.1) is 16.0 Å². The van der Waals surface area contributed by atoms with Crippen LogP contribution in [0.1, 0.15) is 25.3 Å². The number of piperidine rings is 1. The number of esters is 1. The zero-order valence-corrected chi connectivity index (χ0v) is 17.3. The van der Waals surface area contributed by atoms with Gasteiger partial charge in [0.25, 0.3) is 5.69 Å². The van der Waals surface area contributed by atoms with E-state index >= 15 is 0 Å². The van der Waals surface area contributed by atoms with Crippen molar-refractivity contribution in [3.8, 4) is 0 Å². The number of hydrogen-bond acceptors (Lipinski definition) is 5. The predicted molar refractivity (Wildman–Crippen MR) is 110 cm³/mol. The first-order valence-electron chi connectivity index (χ1n) is 8.41. The Bertz CT molecular complexity index is 645. The molecule has 0 saturated carbocycles. The number of halogens is 1. The Kier molecular flexibility index (Phi) is 9.31. The second kappa shape index (κ2) is 10.9. The summed E-state index contributed by atoms with van der Waals surface area (Å²) in [7, 11) is 1.68. The van der Waals surface area contributed by atoms with Crippen LogP contribution < -0.4 is 5.32 Å². The van der Waals surface area contributed by atoms with Crippen LogP contribution in [0.2, 0.25) is 0 Å². The van der Waals surface area contributed by atoms with Crippen molar-refractivity contribution >= 4 is 41.6 Å². The Balaban J connectivity index is 0.00000338. The Morgan fingerprint density at radius 3 is 2.62 bits per heavy atom. The number of ether oxygens (including phenoxy) is 1. The Morgan fingerprint density at radius 1 is 1.38 bits per heavy atom. The molecular weight excluding hydrogens is 451 g/mol. The summed E-state index contributed by atoms with van der Waals surface area (Å²) in [6.45, 7) is 3.92. The number of para-hydroxylation sites is 1. The van der Waals surface area contributed by atoms with Crippen molar-refractivity contribution in [2.45, 2.75) is 26.3 Å². The maximum absolute atomic E-state index is 11.8. The molecule has 1 heterocycles. The van der Waals surface area contributed by atoms with Crippen molar-refractivity contribution in [3.05, 3.63) is 39.9 Å². The largest absolute Gasteiger partial charge is 0.466 e. The molecule has 1 aliphatic rings. The van der Waals surface area contributed by atoms with Crippen LogP contribution in [0.15, 0.2) is 29.3 Å². The first-order valence-corrected chi connectivity index (χ1v) is 8.41. The molecule has 0 amide bonds. The summed E-state index contributed by atoms with van der Waals surface area (Å²) >= 11 is 0. The van der Waals surface area contributed by atoms with Crippen LogP contribution >= 0.6 is 24.0 Å². The van der Waals surface area contributed by atoms with Crippen molar-refractivity contribution in [1.82, 2.24) is 10.2 Å². The fourth-order valence-electron chi connectivity index (χ4n) is 2.93. The molecule has 0 aliphatic carbocycles. The lowest BCUT2D eigenvalue weighted by Gasteiger charge is -2.33. The molecule has 1 aromatic rings. The minimum Gasteiger partial charge on any atom is -0.466 e. The third kappa shape index (κ3) is 5.82. The average molecular weight is 476 g/mol. The minimum atomic E-state index is -0.384. The number of likely N-dealkylation sites (tertiary alicyclic amines) is 1. The van der Waals surface area contributed by atoms with E-state index in [-0.39, 0.29) is 46.5 Å². The summed E-state index contributed by atoms with van der Waals surface area (Å²) in [6.07, 6.45) is 1.43. The van der Waals surface area contributed by atoms with Gasteiger partial charge in [-0.25, -0.2) is 0 Å². The van der Waals surface area contributed by atoms with Crippen molar-refractivity contribution < 1.29 is 14.5 Å². The standard InChI is InChI=1S/C17H24N4O4.HI/c1-3-25-16(22)13-8-10-20(11-9-13)17(18-2)19-12-14-6-4-5-7-15(14)21(23)24;/h4-7,13H,3,8-12H2,1-2H3,(H,18,19);1H. The lowest BCUT2D eigenvalue weighted by Crippen LogP contribution is -2.46. The van der Waals surface area contributed by atoms with E-state index < -0.39 is 0 Å². The van der Waals surface area contributed by atoms with E-state index in [1.807, 2.05) is 6.92 Å². The Hall–Kier alpha value is -1.91. The molecule has 9 heteroatoms. The van der Waals surface area contributed by atoms with Gasteiger partial charge in [-0.05, 0) is 19.8 Å². The summed E-state index contributed by atoms with van der Waals surface area (Å²) in [5.41, 5.74) is 0.696. The van der Waals surface area contributed by atoms with Gasteiger partial charge in [-0.15, -0.1) is 24.0 Å². The molecule has 1 aliphatic heterocycles. The van der Waals surface area contributed by atoms with Gasteiger partial charge in [0.1, 0.15) is 0 Å². The molecule has 0 atom stereocenters. The fraction of sp³-hybridized carbons (Fsp3) is 0.529. The van der Waals surface area contributed by atoms with Gasteiger partial charge < -0.3 is 15.0 Å². The van der Waals surface area contributed by atoms with Crippen molar-refractivity contribution in [2.75, 3.05) is 26.7 Å². The lowest BCUT2D eigenvalue weighted by molar-refractivity contribution is -0.385. The molecule has 1 saturated heterocycles. The van der Waals surface area contributed by atoms with E-state index in [0.29, 0.717) is 50.6 Å². The first kappa shape index (κ1) is 22.1. The second-order valence-corrected chi connectivity index (χ2v) is 5.80. The van der Waals surface area contributed by atoms with E-state index in [2.05, 4.69) is 15.2 Å². The molecule has 8 nitrogen and oxygen atoms in total. The van der Waals surface area contributed by atoms with Gasteiger partial charge in [-0.3, -0.25) is 19.9 Å². The van der Waals surface area contributed by atoms with Crippen LogP contribution in [0.25, 0.3) is 0 Å². The highest BCUT2D eigenvalue weighted by Crippen LogP contribution is 2.20. The second-order valence-electron chi connectivity index (χ2n) is 5.80. The first-order chi connectivity index (χ1) is 12.1. The number of carbonyl (C=O) groups is 1. The number of nitro groups is 1. The maximum Gasteiger partial charge on any atom is 0.309 e. The predicted octanol–water partition coefficient (Wildman–Crippen LogP) is 2.56. The molecule has 26 heavy (non-hydrogen) atoms.